The third kappa shape index (κ3) is 4.78. The number of H-pyrrole nitrogens is 1. The van der Waals surface area contributed by atoms with Gasteiger partial charge in [0.15, 0.2) is 0 Å². The van der Waals surface area contributed by atoms with Crippen LogP contribution in [-0.4, -0.2) is 22.3 Å². The highest BCUT2D eigenvalue weighted by atomic mass is 16.2. The Morgan fingerprint density at radius 3 is 2.46 bits per heavy atom. The van der Waals surface area contributed by atoms with Crippen LogP contribution in [-0.2, 0) is 16.6 Å². The first-order valence-corrected chi connectivity index (χ1v) is 8.20. The number of amides is 1. The molecule has 24 heavy (non-hydrogen) atoms. The largest absolute Gasteiger partial charge is 0.282 e. The van der Waals surface area contributed by atoms with E-state index in [1.165, 1.54) is 5.56 Å². The van der Waals surface area contributed by atoms with Crippen molar-refractivity contribution in [2.75, 3.05) is 0 Å². The smallest absolute Gasteiger partial charge is 0.240 e. The van der Waals surface area contributed by atoms with Crippen LogP contribution in [0, 0.1) is 13.8 Å². The van der Waals surface area contributed by atoms with Gasteiger partial charge in [-0.25, -0.2) is 5.43 Å². The molecular weight excluding hydrogens is 300 g/mol. The Hall–Kier alpha value is -2.43. The first kappa shape index (κ1) is 17.9. The van der Waals surface area contributed by atoms with E-state index < -0.39 is 0 Å². The van der Waals surface area contributed by atoms with E-state index >= 15 is 0 Å². The van der Waals surface area contributed by atoms with Crippen molar-refractivity contribution in [3.63, 3.8) is 0 Å². The van der Waals surface area contributed by atoms with Crippen LogP contribution in [0.25, 0.3) is 0 Å². The number of hydrogen-bond donors (Lipinski definition) is 2. The Bertz CT molecular complexity index is 701. The fourth-order valence-electron chi connectivity index (χ4n) is 2.48. The van der Waals surface area contributed by atoms with Crippen LogP contribution in [0.3, 0.4) is 0 Å². The van der Waals surface area contributed by atoms with Crippen molar-refractivity contribution in [3.05, 3.63) is 52.3 Å². The highest BCUT2D eigenvalue weighted by Gasteiger charge is 2.12. The number of hydrazone groups is 1. The summed E-state index contributed by atoms with van der Waals surface area (Å²) in [5.74, 6) is -0.0995. The molecule has 0 bridgehead atoms. The predicted molar refractivity (Wildman–Crippen MR) is 97.3 cm³/mol. The number of carbonyl (C=O) groups excluding carboxylic acids is 1. The Balaban J connectivity index is 1.84. The van der Waals surface area contributed by atoms with Crippen molar-refractivity contribution in [3.8, 4) is 0 Å². The van der Waals surface area contributed by atoms with E-state index in [9.17, 15) is 4.79 Å². The number of hydrogen-bond acceptors (Lipinski definition) is 3. The molecule has 2 N–H and O–H groups in total. The molecule has 5 heteroatoms. The predicted octanol–water partition coefficient (Wildman–Crippen LogP) is 3.41. The van der Waals surface area contributed by atoms with Crippen molar-refractivity contribution in [2.45, 2.75) is 52.9 Å². The van der Waals surface area contributed by atoms with E-state index in [4.69, 9.17) is 0 Å². The van der Waals surface area contributed by atoms with Gasteiger partial charge in [-0.15, -0.1) is 0 Å². The van der Waals surface area contributed by atoms with E-state index in [1.54, 1.807) is 6.21 Å². The summed E-state index contributed by atoms with van der Waals surface area (Å²) in [7, 11) is 0. The second-order valence-electron chi connectivity index (χ2n) is 7.08. The summed E-state index contributed by atoms with van der Waals surface area (Å²) in [6.45, 7) is 10.4. The van der Waals surface area contributed by atoms with Crippen LogP contribution in [0.1, 0.15) is 55.3 Å². The minimum Gasteiger partial charge on any atom is -0.282 e. The number of carbonyl (C=O) groups is 1. The van der Waals surface area contributed by atoms with E-state index in [0.717, 1.165) is 22.5 Å². The molecule has 2 rings (SSSR count). The molecule has 0 aliphatic rings. The van der Waals surface area contributed by atoms with Crippen molar-refractivity contribution in [1.29, 1.82) is 0 Å². The third-order valence-electron chi connectivity index (χ3n) is 4.06. The number of rotatable bonds is 5. The Kier molecular flexibility index (Phi) is 5.54. The number of aryl methyl sites for hydroxylation is 2. The monoisotopic (exact) mass is 326 g/mol. The molecule has 0 unspecified atom stereocenters. The zero-order valence-electron chi connectivity index (χ0n) is 15.1. The third-order valence-corrected chi connectivity index (χ3v) is 4.06. The van der Waals surface area contributed by atoms with Gasteiger partial charge in [0.25, 0.3) is 0 Å². The number of nitrogens with one attached hydrogen (secondary N) is 2. The summed E-state index contributed by atoms with van der Waals surface area (Å²) in [4.78, 5) is 11.9. The summed E-state index contributed by atoms with van der Waals surface area (Å²) in [6.07, 6.45) is 2.72. The molecule has 1 aromatic heterocycles. The molecule has 0 spiro atoms. The summed E-state index contributed by atoms with van der Waals surface area (Å²) in [5.41, 5.74) is 8.01. The fourth-order valence-corrected chi connectivity index (χ4v) is 2.48. The van der Waals surface area contributed by atoms with Crippen LogP contribution in [0.2, 0.25) is 0 Å². The SMILES string of the molecule is Cc1n[nH]c(C)c1CCC(=O)NN=Cc1ccc(C(C)(C)C)cc1. The lowest BCUT2D eigenvalue weighted by atomic mass is 9.87. The van der Waals surface area contributed by atoms with Crippen LogP contribution < -0.4 is 5.43 Å². The topological polar surface area (TPSA) is 70.1 Å². The lowest BCUT2D eigenvalue weighted by Gasteiger charge is -2.18. The molecule has 0 saturated heterocycles. The number of aromatic amines is 1. The van der Waals surface area contributed by atoms with E-state index in [0.29, 0.717) is 12.8 Å². The van der Waals surface area contributed by atoms with Gasteiger partial charge in [0.05, 0.1) is 11.9 Å². The van der Waals surface area contributed by atoms with Gasteiger partial charge in [-0.3, -0.25) is 9.89 Å². The van der Waals surface area contributed by atoms with Crippen molar-refractivity contribution in [1.82, 2.24) is 15.6 Å². The maximum atomic E-state index is 11.9. The van der Waals surface area contributed by atoms with Gasteiger partial charge in [-0.2, -0.15) is 10.2 Å². The highest BCUT2D eigenvalue weighted by Crippen LogP contribution is 2.21. The average Bonchev–Trinajstić information content (AvgIpc) is 2.83. The Morgan fingerprint density at radius 2 is 1.92 bits per heavy atom. The van der Waals surface area contributed by atoms with E-state index in [2.05, 4.69) is 53.6 Å². The number of nitrogens with zero attached hydrogens (tertiary/aromatic N) is 2. The standard InChI is InChI=1S/C19H26N4O/c1-13-17(14(2)22-21-13)10-11-18(24)23-20-12-15-6-8-16(9-7-15)19(3,4)5/h6-9,12H,10-11H2,1-5H3,(H,21,22)(H,23,24). The van der Waals surface area contributed by atoms with Crippen LogP contribution in [0.4, 0.5) is 0 Å². The van der Waals surface area contributed by atoms with Gasteiger partial charge in [0.1, 0.15) is 0 Å². The molecule has 0 atom stereocenters. The molecule has 0 aliphatic carbocycles. The van der Waals surface area contributed by atoms with Gasteiger partial charge in [0.2, 0.25) is 5.91 Å². The summed E-state index contributed by atoms with van der Waals surface area (Å²) in [5, 5.41) is 11.1. The quantitative estimate of drug-likeness (QED) is 0.653. The zero-order chi connectivity index (χ0) is 17.7. The summed E-state index contributed by atoms with van der Waals surface area (Å²) < 4.78 is 0. The van der Waals surface area contributed by atoms with Crippen molar-refractivity contribution >= 4 is 12.1 Å². The lowest BCUT2D eigenvalue weighted by Crippen LogP contribution is -2.18. The molecule has 1 aromatic carbocycles. The minimum atomic E-state index is -0.0995. The second kappa shape index (κ2) is 7.43. The van der Waals surface area contributed by atoms with Crippen molar-refractivity contribution in [2.24, 2.45) is 5.10 Å². The van der Waals surface area contributed by atoms with Crippen molar-refractivity contribution < 1.29 is 4.79 Å². The van der Waals surface area contributed by atoms with Crippen LogP contribution in [0.5, 0.6) is 0 Å². The zero-order valence-corrected chi connectivity index (χ0v) is 15.1. The van der Waals surface area contributed by atoms with Gasteiger partial charge in [0, 0.05) is 12.1 Å². The second-order valence-corrected chi connectivity index (χ2v) is 7.08. The number of aromatic nitrogens is 2. The molecule has 0 saturated carbocycles. The molecule has 2 aromatic rings. The molecule has 0 aliphatic heterocycles. The van der Waals surface area contributed by atoms with Gasteiger partial charge in [-0.05, 0) is 42.4 Å². The van der Waals surface area contributed by atoms with Crippen LogP contribution >= 0.6 is 0 Å². The highest BCUT2D eigenvalue weighted by molar-refractivity contribution is 5.82. The Labute approximate surface area is 143 Å². The van der Waals surface area contributed by atoms with Crippen LogP contribution in [0.15, 0.2) is 29.4 Å². The van der Waals surface area contributed by atoms with E-state index in [-0.39, 0.29) is 11.3 Å². The molecule has 128 valence electrons. The first-order valence-electron chi connectivity index (χ1n) is 8.20. The average molecular weight is 326 g/mol. The lowest BCUT2D eigenvalue weighted by molar-refractivity contribution is -0.121. The van der Waals surface area contributed by atoms with E-state index in [1.807, 2.05) is 26.0 Å². The molecule has 1 heterocycles. The molecule has 1 amide bonds. The number of benzene rings is 1. The van der Waals surface area contributed by atoms with Gasteiger partial charge >= 0.3 is 0 Å². The summed E-state index contributed by atoms with van der Waals surface area (Å²) in [6, 6.07) is 8.20. The van der Waals surface area contributed by atoms with Gasteiger partial charge in [-0.1, -0.05) is 45.0 Å². The maximum Gasteiger partial charge on any atom is 0.240 e. The normalized spacial score (nSPS) is 11.9. The Morgan fingerprint density at radius 1 is 1.25 bits per heavy atom. The molecule has 0 radical (unpaired) electrons. The first-order chi connectivity index (χ1) is 11.3. The summed E-state index contributed by atoms with van der Waals surface area (Å²) >= 11 is 0. The molecular formula is C19H26N4O. The maximum absolute atomic E-state index is 11.9. The minimum absolute atomic E-state index is 0.0995. The fraction of sp³-hybridized carbons (Fsp3) is 0.421. The molecule has 0 fully saturated rings. The molecule has 5 nitrogen and oxygen atoms in total. The van der Waals surface area contributed by atoms with Gasteiger partial charge < -0.3 is 0 Å².